The number of hydrogen-bond donors (Lipinski definition) is 1. The Morgan fingerprint density at radius 1 is 1.38 bits per heavy atom. The van der Waals surface area contributed by atoms with E-state index in [1.54, 1.807) is 6.07 Å². The Kier molecular flexibility index (Phi) is 5.50. The molecule has 1 amide bonds. The molecule has 2 rings (SSSR count). The van der Waals surface area contributed by atoms with Gasteiger partial charge >= 0.3 is 0 Å². The summed E-state index contributed by atoms with van der Waals surface area (Å²) < 4.78 is 0. The Hall–Kier alpha value is -1.69. The van der Waals surface area contributed by atoms with Crippen LogP contribution in [0.25, 0.3) is 0 Å². The van der Waals surface area contributed by atoms with E-state index in [0.29, 0.717) is 5.69 Å². The Morgan fingerprint density at radius 3 is 2.86 bits per heavy atom. The van der Waals surface area contributed by atoms with E-state index in [0.717, 1.165) is 44.8 Å². The molecule has 0 radical (unpaired) electrons. The third kappa shape index (κ3) is 4.14. The largest absolute Gasteiger partial charge is 0.369 e. The molecule has 21 heavy (non-hydrogen) atoms. The minimum absolute atomic E-state index is 0.0210. The maximum Gasteiger partial charge on any atom is 0.274 e. The molecule has 2 heterocycles. The Morgan fingerprint density at radius 2 is 2.19 bits per heavy atom. The van der Waals surface area contributed by atoms with Crippen LogP contribution in [0.2, 0.25) is 0 Å². The SMILES string of the molecule is CCCNc1ccc(C(=O)N2CCCN(C)CC2C)nn1. The second-order valence-electron chi connectivity index (χ2n) is 5.69. The summed E-state index contributed by atoms with van der Waals surface area (Å²) in [6.45, 7) is 7.74. The second-order valence-corrected chi connectivity index (χ2v) is 5.69. The second kappa shape index (κ2) is 7.36. The average Bonchev–Trinajstić information content (AvgIpc) is 2.65. The lowest BCUT2D eigenvalue weighted by atomic mass is 10.2. The van der Waals surface area contributed by atoms with E-state index in [-0.39, 0.29) is 11.9 Å². The summed E-state index contributed by atoms with van der Waals surface area (Å²) in [5, 5.41) is 11.3. The number of nitrogens with one attached hydrogen (secondary N) is 1. The summed E-state index contributed by atoms with van der Waals surface area (Å²) in [6, 6.07) is 3.78. The molecule has 1 fully saturated rings. The zero-order chi connectivity index (χ0) is 15.2. The van der Waals surface area contributed by atoms with Gasteiger partial charge in [-0.05, 0) is 45.5 Å². The molecule has 1 atom stereocenters. The lowest BCUT2D eigenvalue weighted by molar-refractivity contribution is 0.0689. The zero-order valence-electron chi connectivity index (χ0n) is 13.2. The molecule has 1 aromatic rings. The molecule has 6 heteroatoms. The van der Waals surface area contributed by atoms with Gasteiger partial charge < -0.3 is 15.1 Å². The smallest absolute Gasteiger partial charge is 0.274 e. The third-order valence-electron chi connectivity index (χ3n) is 3.75. The van der Waals surface area contributed by atoms with Gasteiger partial charge in [0.2, 0.25) is 0 Å². The zero-order valence-corrected chi connectivity index (χ0v) is 13.2. The highest BCUT2D eigenvalue weighted by molar-refractivity contribution is 5.92. The van der Waals surface area contributed by atoms with Crippen molar-refractivity contribution in [3.63, 3.8) is 0 Å². The van der Waals surface area contributed by atoms with Crippen molar-refractivity contribution in [3.8, 4) is 0 Å². The van der Waals surface area contributed by atoms with Gasteiger partial charge in [0.15, 0.2) is 5.69 Å². The van der Waals surface area contributed by atoms with Gasteiger partial charge in [-0.3, -0.25) is 4.79 Å². The lowest BCUT2D eigenvalue weighted by Crippen LogP contribution is -2.42. The van der Waals surface area contributed by atoms with E-state index in [2.05, 4.69) is 41.3 Å². The molecule has 1 saturated heterocycles. The molecule has 1 aliphatic rings. The van der Waals surface area contributed by atoms with Gasteiger partial charge in [0.25, 0.3) is 5.91 Å². The summed E-state index contributed by atoms with van der Waals surface area (Å²) in [4.78, 5) is 16.8. The first-order chi connectivity index (χ1) is 10.1. The topological polar surface area (TPSA) is 61.4 Å². The van der Waals surface area contributed by atoms with E-state index >= 15 is 0 Å². The minimum atomic E-state index is -0.0210. The van der Waals surface area contributed by atoms with Gasteiger partial charge in [-0.25, -0.2) is 0 Å². The summed E-state index contributed by atoms with van der Waals surface area (Å²) >= 11 is 0. The number of rotatable bonds is 4. The van der Waals surface area contributed by atoms with E-state index in [9.17, 15) is 4.79 Å². The first-order valence-corrected chi connectivity index (χ1v) is 7.69. The standard InChI is InChI=1S/C15H25N5O/c1-4-8-16-14-7-6-13(17-18-14)15(21)20-10-5-9-19(3)11-12(20)2/h6-7,12H,4-5,8-11H2,1-3H3,(H,16,18). The highest BCUT2D eigenvalue weighted by Gasteiger charge is 2.25. The summed E-state index contributed by atoms with van der Waals surface area (Å²) in [5.41, 5.74) is 0.424. The van der Waals surface area contributed by atoms with Gasteiger partial charge in [0.05, 0.1) is 0 Å². The fraction of sp³-hybridized carbons (Fsp3) is 0.667. The molecule has 6 nitrogen and oxygen atoms in total. The van der Waals surface area contributed by atoms with E-state index < -0.39 is 0 Å². The number of carbonyl (C=O) groups is 1. The van der Waals surface area contributed by atoms with Crippen LogP contribution in [-0.4, -0.2) is 65.2 Å². The van der Waals surface area contributed by atoms with Crippen molar-refractivity contribution in [1.82, 2.24) is 20.0 Å². The van der Waals surface area contributed by atoms with Crippen LogP contribution in [0.3, 0.4) is 0 Å². The van der Waals surface area contributed by atoms with Crippen molar-refractivity contribution in [2.45, 2.75) is 32.7 Å². The molecule has 116 valence electrons. The van der Waals surface area contributed by atoms with Gasteiger partial charge in [-0.1, -0.05) is 6.92 Å². The summed E-state index contributed by atoms with van der Waals surface area (Å²) in [5.74, 6) is 0.699. The van der Waals surface area contributed by atoms with E-state index in [1.165, 1.54) is 0 Å². The van der Waals surface area contributed by atoms with Crippen LogP contribution in [0.1, 0.15) is 37.2 Å². The molecular weight excluding hydrogens is 266 g/mol. The van der Waals surface area contributed by atoms with Crippen LogP contribution in [0.15, 0.2) is 12.1 Å². The fourth-order valence-corrected chi connectivity index (χ4v) is 2.61. The van der Waals surface area contributed by atoms with Crippen LogP contribution in [0.4, 0.5) is 5.82 Å². The Balaban J connectivity index is 2.04. The highest BCUT2D eigenvalue weighted by atomic mass is 16.2. The Bertz CT molecular complexity index is 462. The van der Waals surface area contributed by atoms with Crippen molar-refractivity contribution in [2.24, 2.45) is 0 Å². The first kappa shape index (κ1) is 15.7. The minimum Gasteiger partial charge on any atom is -0.369 e. The quantitative estimate of drug-likeness (QED) is 0.910. The van der Waals surface area contributed by atoms with Crippen molar-refractivity contribution < 1.29 is 4.79 Å². The average molecular weight is 291 g/mol. The van der Waals surface area contributed by atoms with Crippen LogP contribution < -0.4 is 5.32 Å². The number of aromatic nitrogens is 2. The normalized spacial score (nSPS) is 20.1. The van der Waals surface area contributed by atoms with Gasteiger partial charge in [0.1, 0.15) is 5.82 Å². The molecule has 0 saturated carbocycles. The number of nitrogens with zero attached hydrogens (tertiary/aromatic N) is 4. The molecule has 1 aromatic heterocycles. The molecule has 0 spiro atoms. The fourth-order valence-electron chi connectivity index (χ4n) is 2.61. The summed E-state index contributed by atoms with van der Waals surface area (Å²) in [7, 11) is 2.10. The highest BCUT2D eigenvalue weighted by Crippen LogP contribution is 2.13. The molecule has 1 unspecified atom stereocenters. The molecule has 1 aliphatic heterocycles. The van der Waals surface area contributed by atoms with Crippen molar-refractivity contribution in [1.29, 1.82) is 0 Å². The van der Waals surface area contributed by atoms with E-state index in [1.807, 2.05) is 11.0 Å². The van der Waals surface area contributed by atoms with Crippen molar-refractivity contribution in [2.75, 3.05) is 38.5 Å². The molecule has 0 bridgehead atoms. The number of amides is 1. The monoisotopic (exact) mass is 291 g/mol. The molecular formula is C15H25N5O. The third-order valence-corrected chi connectivity index (χ3v) is 3.75. The van der Waals surface area contributed by atoms with Gasteiger partial charge in [-0.2, -0.15) is 0 Å². The van der Waals surface area contributed by atoms with Crippen LogP contribution in [0, 0.1) is 0 Å². The Labute approximate surface area is 126 Å². The molecule has 1 N–H and O–H groups in total. The lowest BCUT2D eigenvalue weighted by Gasteiger charge is -2.27. The van der Waals surface area contributed by atoms with Gasteiger partial charge in [-0.15, -0.1) is 10.2 Å². The van der Waals surface area contributed by atoms with Gasteiger partial charge in [0, 0.05) is 25.7 Å². The van der Waals surface area contributed by atoms with Crippen LogP contribution >= 0.6 is 0 Å². The van der Waals surface area contributed by atoms with Crippen molar-refractivity contribution in [3.05, 3.63) is 17.8 Å². The maximum absolute atomic E-state index is 12.6. The van der Waals surface area contributed by atoms with Crippen LogP contribution in [-0.2, 0) is 0 Å². The number of likely N-dealkylation sites (N-methyl/N-ethyl adjacent to an activating group) is 1. The number of anilines is 1. The molecule has 0 aromatic carbocycles. The number of carbonyl (C=O) groups excluding carboxylic acids is 1. The predicted molar refractivity (Wildman–Crippen MR) is 83.4 cm³/mol. The van der Waals surface area contributed by atoms with Crippen LogP contribution in [0.5, 0.6) is 0 Å². The van der Waals surface area contributed by atoms with Crippen molar-refractivity contribution >= 4 is 11.7 Å². The van der Waals surface area contributed by atoms with E-state index in [4.69, 9.17) is 0 Å². The predicted octanol–water partition coefficient (Wildman–Crippen LogP) is 1.46. The maximum atomic E-state index is 12.6. The molecule has 0 aliphatic carbocycles. The summed E-state index contributed by atoms with van der Waals surface area (Å²) in [6.07, 6.45) is 2.03. The number of hydrogen-bond acceptors (Lipinski definition) is 5. The first-order valence-electron chi connectivity index (χ1n) is 7.69.